The van der Waals surface area contributed by atoms with Crippen LogP contribution >= 0.6 is 0 Å². The number of hydrogen-bond donors (Lipinski definition) is 8. The average molecular weight is 596 g/mol. The van der Waals surface area contributed by atoms with E-state index < -0.39 is 64.9 Å². The van der Waals surface area contributed by atoms with E-state index in [0.717, 1.165) is 18.2 Å². The van der Waals surface area contributed by atoms with Crippen molar-refractivity contribution < 1.29 is 63.1 Å². The van der Waals surface area contributed by atoms with E-state index >= 15 is 0 Å². The lowest BCUT2D eigenvalue weighted by Crippen LogP contribution is -2.59. The Labute approximate surface area is 236 Å². The van der Waals surface area contributed by atoms with Crippen molar-refractivity contribution in [2.45, 2.75) is 31.3 Å². The maximum atomic E-state index is 13.0. The summed E-state index contributed by atoms with van der Waals surface area (Å²) in [4.78, 5) is 63.1. The van der Waals surface area contributed by atoms with E-state index in [1.165, 1.54) is 19.1 Å². The van der Waals surface area contributed by atoms with Gasteiger partial charge in [0.1, 0.15) is 23.2 Å². The van der Waals surface area contributed by atoms with Gasteiger partial charge in [-0.25, -0.2) is 18.4 Å². The number of aliphatic carboxylic acids is 4. The number of rotatable bonds is 9. The highest BCUT2D eigenvalue weighted by Crippen LogP contribution is 2.35. The van der Waals surface area contributed by atoms with Gasteiger partial charge in [-0.05, 0) is 44.0 Å². The standard InChI is InChI=1S/C10H7F2NO3.C10H11NO4.C6H9NO4/c11-6-1-2-8(7(12)5-6)13-9(14)3-4-10(15)16;1-6(9(12)13)11-8-5-3-2-4-7(8)10(14)15;7-6(5(10)11)1-3(2-6)4(8)9/h1-5H,(H,13,14)(H,15,16);2-6,11H,1H3,(H,12,13)(H,14,15);3H,1-2,7H2,(H,8,9)(H,10,11)/b4-3-;;. The molecule has 0 saturated heterocycles. The highest BCUT2D eigenvalue weighted by atomic mass is 19.1. The van der Waals surface area contributed by atoms with Gasteiger partial charge < -0.3 is 41.9 Å². The van der Waals surface area contributed by atoms with Crippen molar-refractivity contribution in [1.29, 1.82) is 0 Å². The second-order valence-electron chi connectivity index (χ2n) is 8.74. The first kappa shape index (κ1) is 34.6. The maximum Gasteiger partial charge on any atom is 0.337 e. The summed E-state index contributed by atoms with van der Waals surface area (Å²) in [6.07, 6.45) is 1.41. The zero-order valence-electron chi connectivity index (χ0n) is 21.8. The average Bonchev–Trinajstić information content (AvgIpc) is 2.87. The van der Waals surface area contributed by atoms with Crippen LogP contribution in [0, 0.1) is 17.6 Å². The van der Waals surface area contributed by atoms with Crippen LogP contribution in [0.3, 0.4) is 0 Å². The number of para-hydroxylation sites is 1. The maximum absolute atomic E-state index is 13.0. The Hall–Kier alpha value is -5.38. The van der Waals surface area contributed by atoms with Crippen LogP contribution in [-0.2, 0) is 24.0 Å². The van der Waals surface area contributed by atoms with Crippen molar-refractivity contribution in [3.63, 3.8) is 0 Å². The normalized spacial score (nSPS) is 17.6. The Kier molecular flexibility index (Phi) is 12.7. The summed E-state index contributed by atoms with van der Waals surface area (Å²) < 4.78 is 25.5. The number of aromatic carboxylic acids is 1. The minimum absolute atomic E-state index is 0.0394. The smallest absolute Gasteiger partial charge is 0.337 e. The molecule has 1 unspecified atom stereocenters. The first-order chi connectivity index (χ1) is 19.5. The lowest BCUT2D eigenvalue weighted by Gasteiger charge is -2.38. The molecule has 226 valence electrons. The number of carboxylic acid groups (broad SMARTS) is 5. The second-order valence-corrected chi connectivity index (χ2v) is 8.74. The number of nitrogens with two attached hydrogens (primary N) is 1. The summed E-state index contributed by atoms with van der Waals surface area (Å²) in [5.74, 6) is -8.58. The molecule has 1 saturated carbocycles. The largest absolute Gasteiger partial charge is 0.481 e. The highest BCUT2D eigenvalue weighted by Gasteiger charge is 2.50. The number of benzene rings is 2. The minimum Gasteiger partial charge on any atom is -0.481 e. The van der Waals surface area contributed by atoms with Gasteiger partial charge in [0.25, 0.3) is 0 Å². The van der Waals surface area contributed by atoms with Crippen molar-refractivity contribution in [2.24, 2.45) is 11.7 Å². The molecule has 2 aromatic rings. The Morgan fingerprint density at radius 1 is 0.929 bits per heavy atom. The van der Waals surface area contributed by atoms with Crippen LogP contribution in [0.2, 0.25) is 0 Å². The number of carbonyl (C=O) groups excluding carboxylic acids is 1. The van der Waals surface area contributed by atoms with Crippen LogP contribution in [0.1, 0.15) is 30.1 Å². The van der Waals surface area contributed by atoms with Crippen LogP contribution in [0.5, 0.6) is 0 Å². The molecule has 9 N–H and O–H groups in total. The van der Waals surface area contributed by atoms with E-state index in [0.29, 0.717) is 17.8 Å². The molecule has 0 radical (unpaired) electrons. The Balaban J connectivity index is 0.000000320. The van der Waals surface area contributed by atoms with Gasteiger partial charge in [-0.2, -0.15) is 0 Å². The highest BCUT2D eigenvalue weighted by molar-refractivity contribution is 6.02. The van der Waals surface area contributed by atoms with Crippen LogP contribution in [0.4, 0.5) is 20.2 Å². The number of hydrogen-bond acceptors (Lipinski definition) is 8. The molecule has 42 heavy (non-hydrogen) atoms. The summed E-state index contributed by atoms with van der Waals surface area (Å²) in [6.45, 7) is 1.45. The van der Waals surface area contributed by atoms with E-state index in [2.05, 4.69) is 10.6 Å². The summed E-state index contributed by atoms with van der Waals surface area (Å²) in [6, 6.07) is 7.96. The zero-order valence-corrected chi connectivity index (χ0v) is 21.8. The molecule has 1 aliphatic rings. The zero-order chi connectivity index (χ0) is 32.2. The fourth-order valence-corrected chi connectivity index (χ4v) is 3.17. The third kappa shape index (κ3) is 11.0. The van der Waals surface area contributed by atoms with Crippen LogP contribution in [0.15, 0.2) is 54.6 Å². The predicted molar refractivity (Wildman–Crippen MR) is 141 cm³/mol. The predicted octanol–water partition coefficient (Wildman–Crippen LogP) is 2.08. The first-order valence-electron chi connectivity index (χ1n) is 11.7. The number of anilines is 2. The Morgan fingerprint density at radius 3 is 2.00 bits per heavy atom. The van der Waals surface area contributed by atoms with Crippen molar-refractivity contribution in [1.82, 2.24) is 0 Å². The first-order valence-corrected chi connectivity index (χ1v) is 11.7. The van der Waals surface area contributed by atoms with Gasteiger partial charge in [0, 0.05) is 23.9 Å². The molecule has 1 fully saturated rings. The van der Waals surface area contributed by atoms with Gasteiger partial charge in [0.05, 0.1) is 17.2 Å². The van der Waals surface area contributed by atoms with Crippen LogP contribution < -0.4 is 16.4 Å². The molecule has 2 aromatic carbocycles. The second kappa shape index (κ2) is 15.4. The Bertz CT molecular complexity index is 1380. The monoisotopic (exact) mass is 595 g/mol. The van der Waals surface area contributed by atoms with Crippen LogP contribution in [0.25, 0.3) is 0 Å². The molecule has 16 heteroatoms. The summed E-state index contributed by atoms with van der Waals surface area (Å²) in [5, 5.41) is 47.3. The van der Waals surface area contributed by atoms with E-state index in [9.17, 15) is 37.5 Å². The van der Waals surface area contributed by atoms with E-state index in [1.807, 2.05) is 0 Å². The molecule has 0 aliphatic heterocycles. The van der Waals surface area contributed by atoms with Gasteiger partial charge >= 0.3 is 29.8 Å². The number of halogens is 2. The lowest BCUT2D eigenvalue weighted by atomic mass is 9.69. The van der Waals surface area contributed by atoms with E-state index in [1.54, 1.807) is 12.1 Å². The molecule has 0 bridgehead atoms. The fourth-order valence-electron chi connectivity index (χ4n) is 3.17. The molecule has 0 heterocycles. The van der Waals surface area contributed by atoms with Gasteiger partial charge in [-0.15, -0.1) is 0 Å². The molecular formula is C26H27F2N3O11. The SMILES string of the molecule is CC(Nc1ccccc1C(=O)O)C(=O)O.NC1(C(=O)O)CC(C(=O)O)C1.O=C(O)/C=C\C(=O)Nc1ccc(F)cc1F. The molecule has 1 atom stereocenters. The summed E-state index contributed by atoms with van der Waals surface area (Å²) >= 11 is 0. The third-order valence-electron chi connectivity index (χ3n) is 5.46. The van der Waals surface area contributed by atoms with Crippen molar-refractivity contribution in [3.05, 3.63) is 71.8 Å². The fraction of sp³-hybridized carbons (Fsp3) is 0.231. The number of carboxylic acids is 5. The van der Waals surface area contributed by atoms with Gasteiger partial charge in [0.15, 0.2) is 0 Å². The molecule has 3 rings (SSSR count). The summed E-state index contributed by atoms with van der Waals surface area (Å²) in [5.41, 5.74) is 4.17. The number of nitrogens with one attached hydrogen (secondary N) is 2. The Morgan fingerprint density at radius 2 is 1.52 bits per heavy atom. The molecule has 0 aromatic heterocycles. The van der Waals surface area contributed by atoms with Gasteiger partial charge in [-0.1, -0.05) is 12.1 Å². The third-order valence-corrected chi connectivity index (χ3v) is 5.46. The van der Waals surface area contributed by atoms with Crippen molar-refractivity contribution in [3.8, 4) is 0 Å². The van der Waals surface area contributed by atoms with E-state index in [-0.39, 0.29) is 24.1 Å². The van der Waals surface area contributed by atoms with E-state index in [4.69, 9.17) is 31.3 Å². The number of carbonyl (C=O) groups is 6. The number of amides is 1. The van der Waals surface area contributed by atoms with Crippen molar-refractivity contribution >= 4 is 47.1 Å². The lowest BCUT2D eigenvalue weighted by molar-refractivity contribution is -0.156. The molecule has 0 spiro atoms. The molecule has 1 amide bonds. The quantitative estimate of drug-likeness (QED) is 0.193. The molecule has 1 aliphatic carbocycles. The summed E-state index contributed by atoms with van der Waals surface area (Å²) in [7, 11) is 0. The van der Waals surface area contributed by atoms with Crippen molar-refractivity contribution in [2.75, 3.05) is 10.6 Å². The molecule has 14 nitrogen and oxygen atoms in total. The van der Waals surface area contributed by atoms with Gasteiger partial charge in [0.2, 0.25) is 5.91 Å². The van der Waals surface area contributed by atoms with Gasteiger partial charge in [-0.3, -0.25) is 19.2 Å². The minimum atomic E-state index is -1.30. The molecular weight excluding hydrogens is 568 g/mol. The topological polar surface area (TPSA) is 254 Å². The van der Waals surface area contributed by atoms with Crippen LogP contribution in [-0.4, -0.2) is 72.9 Å².